The number of carbonyl (C=O) groups excluding carboxylic acids is 2. The molecule has 1 atom stereocenters. The highest BCUT2D eigenvalue weighted by atomic mass is 35.5. The SMILES string of the molecule is CC[C@H](C)NC(=O)COC(=O)/C=C/c1c(C)nn(Cc2cccc(OC)c2)c1Cl. The Morgan fingerprint density at radius 3 is 2.83 bits per heavy atom. The van der Waals surface area contributed by atoms with E-state index in [4.69, 9.17) is 21.1 Å². The van der Waals surface area contributed by atoms with Gasteiger partial charge in [-0.2, -0.15) is 5.10 Å². The van der Waals surface area contributed by atoms with Crippen LogP contribution < -0.4 is 10.1 Å². The summed E-state index contributed by atoms with van der Waals surface area (Å²) >= 11 is 6.44. The zero-order valence-corrected chi connectivity index (χ0v) is 17.8. The van der Waals surface area contributed by atoms with Gasteiger partial charge < -0.3 is 14.8 Å². The number of nitrogens with zero attached hydrogens (tertiary/aromatic N) is 2. The molecule has 1 N–H and O–H groups in total. The van der Waals surface area contributed by atoms with Gasteiger partial charge in [0.1, 0.15) is 10.9 Å². The summed E-state index contributed by atoms with van der Waals surface area (Å²) in [6.45, 7) is 5.78. The second kappa shape index (κ2) is 10.7. The number of nitrogens with one attached hydrogen (secondary N) is 1. The smallest absolute Gasteiger partial charge is 0.331 e. The Labute approximate surface area is 175 Å². The van der Waals surface area contributed by atoms with E-state index in [9.17, 15) is 9.59 Å². The largest absolute Gasteiger partial charge is 0.497 e. The van der Waals surface area contributed by atoms with E-state index in [2.05, 4.69) is 10.4 Å². The highest BCUT2D eigenvalue weighted by molar-refractivity contribution is 6.31. The number of rotatable bonds is 9. The van der Waals surface area contributed by atoms with E-state index in [0.717, 1.165) is 17.7 Å². The van der Waals surface area contributed by atoms with Gasteiger partial charge in [-0.05, 0) is 44.0 Å². The summed E-state index contributed by atoms with van der Waals surface area (Å²) in [5.74, 6) is -0.204. The average Bonchev–Trinajstić information content (AvgIpc) is 2.97. The third-order valence-corrected chi connectivity index (χ3v) is 4.73. The molecule has 156 valence electrons. The minimum absolute atomic E-state index is 0.0358. The predicted octanol–water partition coefficient (Wildman–Crippen LogP) is 3.37. The van der Waals surface area contributed by atoms with E-state index in [1.807, 2.05) is 38.1 Å². The molecule has 0 saturated carbocycles. The molecule has 2 aromatic rings. The maximum Gasteiger partial charge on any atom is 0.331 e. The van der Waals surface area contributed by atoms with Crippen LogP contribution in [-0.2, 0) is 20.9 Å². The van der Waals surface area contributed by atoms with Gasteiger partial charge in [-0.3, -0.25) is 4.79 Å². The Morgan fingerprint density at radius 1 is 1.38 bits per heavy atom. The molecule has 0 aliphatic rings. The zero-order valence-electron chi connectivity index (χ0n) is 17.1. The number of amides is 1. The first-order valence-electron chi connectivity index (χ1n) is 9.34. The summed E-state index contributed by atoms with van der Waals surface area (Å²) in [6.07, 6.45) is 3.58. The van der Waals surface area contributed by atoms with E-state index < -0.39 is 5.97 Å². The minimum Gasteiger partial charge on any atom is -0.497 e. The van der Waals surface area contributed by atoms with Crippen molar-refractivity contribution in [1.82, 2.24) is 15.1 Å². The van der Waals surface area contributed by atoms with Crippen LogP contribution in [0.1, 0.15) is 37.1 Å². The summed E-state index contributed by atoms with van der Waals surface area (Å²) in [5, 5.41) is 7.57. The number of hydrogen-bond donors (Lipinski definition) is 1. The molecule has 0 unspecified atom stereocenters. The molecule has 0 fully saturated rings. The molecule has 0 saturated heterocycles. The van der Waals surface area contributed by atoms with Crippen LogP contribution in [0.15, 0.2) is 30.3 Å². The van der Waals surface area contributed by atoms with Crippen molar-refractivity contribution in [3.63, 3.8) is 0 Å². The van der Waals surface area contributed by atoms with Gasteiger partial charge >= 0.3 is 5.97 Å². The fourth-order valence-electron chi connectivity index (χ4n) is 2.56. The van der Waals surface area contributed by atoms with Gasteiger partial charge in [0.25, 0.3) is 5.91 Å². The minimum atomic E-state index is -0.625. The quantitative estimate of drug-likeness (QED) is 0.497. The lowest BCUT2D eigenvalue weighted by molar-refractivity contribution is -0.144. The Hall–Kier alpha value is -2.80. The normalized spacial score (nSPS) is 12.0. The van der Waals surface area contributed by atoms with E-state index in [0.29, 0.717) is 23.0 Å². The second-order valence-corrected chi connectivity index (χ2v) is 6.97. The molecule has 1 aromatic heterocycles. The van der Waals surface area contributed by atoms with Gasteiger partial charge in [-0.25, -0.2) is 9.48 Å². The first-order valence-corrected chi connectivity index (χ1v) is 9.71. The molecule has 29 heavy (non-hydrogen) atoms. The summed E-state index contributed by atoms with van der Waals surface area (Å²) in [5.41, 5.74) is 2.28. The molecule has 1 heterocycles. The highest BCUT2D eigenvalue weighted by Crippen LogP contribution is 2.23. The second-order valence-electron chi connectivity index (χ2n) is 6.62. The number of methoxy groups -OCH3 is 1. The highest BCUT2D eigenvalue weighted by Gasteiger charge is 2.13. The first-order chi connectivity index (χ1) is 13.8. The van der Waals surface area contributed by atoms with E-state index >= 15 is 0 Å². The molecule has 1 amide bonds. The van der Waals surface area contributed by atoms with Gasteiger partial charge in [0.15, 0.2) is 6.61 Å². The molecule has 2 rings (SSSR count). The third kappa shape index (κ3) is 6.64. The topological polar surface area (TPSA) is 82.5 Å². The van der Waals surface area contributed by atoms with Crippen LogP contribution in [0.2, 0.25) is 5.15 Å². The number of ether oxygens (including phenoxy) is 2. The zero-order chi connectivity index (χ0) is 21.4. The maximum absolute atomic E-state index is 11.9. The lowest BCUT2D eigenvalue weighted by Gasteiger charge is -2.10. The summed E-state index contributed by atoms with van der Waals surface area (Å²) in [4.78, 5) is 23.6. The maximum atomic E-state index is 11.9. The van der Waals surface area contributed by atoms with Crippen LogP contribution in [-0.4, -0.2) is 41.4 Å². The van der Waals surface area contributed by atoms with Crippen LogP contribution in [0.4, 0.5) is 0 Å². The number of aromatic nitrogens is 2. The van der Waals surface area contributed by atoms with Crippen molar-refractivity contribution in [3.05, 3.63) is 52.3 Å². The number of aryl methyl sites for hydroxylation is 1. The van der Waals surface area contributed by atoms with Crippen molar-refractivity contribution in [3.8, 4) is 5.75 Å². The lowest BCUT2D eigenvalue weighted by atomic mass is 10.2. The van der Waals surface area contributed by atoms with Crippen LogP contribution in [0.5, 0.6) is 5.75 Å². The fourth-order valence-corrected chi connectivity index (χ4v) is 2.86. The van der Waals surface area contributed by atoms with E-state index in [1.54, 1.807) is 24.8 Å². The van der Waals surface area contributed by atoms with Gasteiger partial charge in [-0.15, -0.1) is 0 Å². The Balaban J connectivity index is 2.00. The Bertz CT molecular complexity index is 892. The number of hydrogen-bond acceptors (Lipinski definition) is 5. The number of halogens is 1. The number of esters is 1. The lowest BCUT2D eigenvalue weighted by Crippen LogP contribution is -2.35. The number of benzene rings is 1. The Kier molecular flexibility index (Phi) is 8.27. The van der Waals surface area contributed by atoms with Gasteiger partial charge in [0, 0.05) is 17.7 Å². The van der Waals surface area contributed by atoms with Crippen molar-refractivity contribution in [2.24, 2.45) is 0 Å². The molecular weight excluding hydrogens is 394 g/mol. The summed E-state index contributed by atoms with van der Waals surface area (Å²) in [6, 6.07) is 7.65. The molecule has 0 aliphatic carbocycles. The van der Waals surface area contributed by atoms with Gasteiger partial charge in [0.05, 0.1) is 19.3 Å². The summed E-state index contributed by atoms with van der Waals surface area (Å²) in [7, 11) is 1.61. The standard InChI is InChI=1S/C21H26ClN3O4/c1-5-14(2)23-19(26)13-29-20(27)10-9-18-15(3)24-25(21(18)22)12-16-7-6-8-17(11-16)28-4/h6-11,14H,5,12-13H2,1-4H3,(H,23,26)/b10-9+/t14-/m0/s1. The molecular formula is C21H26ClN3O4. The van der Waals surface area contributed by atoms with Crippen molar-refractivity contribution in [1.29, 1.82) is 0 Å². The van der Waals surface area contributed by atoms with Crippen LogP contribution in [0.25, 0.3) is 6.08 Å². The van der Waals surface area contributed by atoms with Crippen molar-refractivity contribution in [2.75, 3.05) is 13.7 Å². The van der Waals surface area contributed by atoms with Gasteiger partial charge in [0.2, 0.25) is 0 Å². The Morgan fingerprint density at radius 2 is 2.14 bits per heavy atom. The summed E-state index contributed by atoms with van der Waals surface area (Å²) < 4.78 is 11.8. The first kappa shape index (κ1) is 22.5. The van der Waals surface area contributed by atoms with Crippen LogP contribution >= 0.6 is 11.6 Å². The third-order valence-electron chi connectivity index (χ3n) is 4.33. The van der Waals surface area contributed by atoms with E-state index in [1.165, 1.54) is 6.08 Å². The molecule has 1 aromatic carbocycles. The number of carbonyl (C=O) groups is 2. The fraction of sp³-hybridized carbons (Fsp3) is 0.381. The molecule has 0 bridgehead atoms. The van der Waals surface area contributed by atoms with Crippen LogP contribution in [0, 0.1) is 6.92 Å². The molecule has 0 spiro atoms. The molecule has 0 aliphatic heterocycles. The molecule has 7 nitrogen and oxygen atoms in total. The monoisotopic (exact) mass is 419 g/mol. The molecule has 8 heteroatoms. The predicted molar refractivity (Wildman–Crippen MR) is 112 cm³/mol. The van der Waals surface area contributed by atoms with Gasteiger partial charge in [-0.1, -0.05) is 30.7 Å². The van der Waals surface area contributed by atoms with Crippen molar-refractivity contribution in [2.45, 2.75) is 39.8 Å². The molecule has 0 radical (unpaired) electrons. The van der Waals surface area contributed by atoms with Crippen molar-refractivity contribution >= 4 is 29.6 Å². The van der Waals surface area contributed by atoms with E-state index in [-0.39, 0.29) is 18.6 Å². The average molecular weight is 420 g/mol. The van der Waals surface area contributed by atoms with Crippen LogP contribution in [0.3, 0.4) is 0 Å². The van der Waals surface area contributed by atoms with Crippen molar-refractivity contribution < 1.29 is 19.1 Å².